The van der Waals surface area contributed by atoms with Gasteiger partial charge in [0, 0.05) is 57.5 Å². The summed E-state index contributed by atoms with van der Waals surface area (Å²) in [5, 5.41) is 15.5. The molecular weight excluding hydrogens is 638 g/mol. The van der Waals surface area contributed by atoms with E-state index in [1.807, 2.05) is 24.3 Å². The van der Waals surface area contributed by atoms with Crippen molar-refractivity contribution in [1.82, 2.24) is 15.5 Å². The van der Waals surface area contributed by atoms with Gasteiger partial charge in [0.2, 0.25) is 11.8 Å². The SMILES string of the molecule is CC(=O)NCCCCCC(=O)NCc1cccc(-c2cccc([C@H]3O[C@@H](CN4CC5(C)CC4CC(C)(C)C5)C[C@@H](c4ccc(CO)cc4)O3)c2)c1. The predicted octanol–water partition coefficient (Wildman–Crippen LogP) is 7.60. The topological polar surface area (TPSA) is 100 Å². The van der Waals surface area contributed by atoms with E-state index in [1.165, 1.54) is 26.2 Å². The molecule has 2 aliphatic heterocycles. The van der Waals surface area contributed by atoms with Gasteiger partial charge in [-0.25, -0.2) is 0 Å². The molecule has 3 N–H and O–H groups in total. The first-order valence-corrected chi connectivity index (χ1v) is 18.9. The number of carbonyl (C=O) groups excluding carboxylic acids is 2. The number of aliphatic hydroxyl groups is 1. The van der Waals surface area contributed by atoms with Crippen LogP contribution in [-0.2, 0) is 32.2 Å². The van der Waals surface area contributed by atoms with Crippen LogP contribution >= 0.6 is 0 Å². The highest BCUT2D eigenvalue weighted by molar-refractivity contribution is 5.76. The lowest BCUT2D eigenvalue weighted by Crippen LogP contribution is -2.42. The number of rotatable bonds is 14. The van der Waals surface area contributed by atoms with Crippen molar-refractivity contribution in [2.75, 3.05) is 19.6 Å². The molecule has 2 saturated heterocycles. The molecule has 8 nitrogen and oxygen atoms in total. The molecule has 2 heterocycles. The van der Waals surface area contributed by atoms with Crippen molar-refractivity contribution in [3.63, 3.8) is 0 Å². The van der Waals surface area contributed by atoms with E-state index in [2.05, 4.69) is 84.8 Å². The van der Waals surface area contributed by atoms with Crippen LogP contribution < -0.4 is 10.6 Å². The highest BCUT2D eigenvalue weighted by atomic mass is 16.7. The van der Waals surface area contributed by atoms with E-state index in [0.717, 1.165) is 72.2 Å². The van der Waals surface area contributed by atoms with Gasteiger partial charge in [-0.1, -0.05) is 87.9 Å². The molecule has 3 aliphatic rings. The van der Waals surface area contributed by atoms with Gasteiger partial charge < -0.3 is 25.2 Å². The molecule has 6 rings (SSSR count). The van der Waals surface area contributed by atoms with Gasteiger partial charge in [-0.05, 0) is 82.9 Å². The zero-order valence-corrected chi connectivity index (χ0v) is 31.0. The number of fused-ring (bicyclic) bond motifs is 2. The Labute approximate surface area is 304 Å². The Kier molecular flexibility index (Phi) is 12.0. The number of benzene rings is 3. The van der Waals surface area contributed by atoms with E-state index >= 15 is 0 Å². The summed E-state index contributed by atoms with van der Waals surface area (Å²) in [6.45, 7) is 12.0. The van der Waals surface area contributed by atoms with Crippen LogP contribution in [0.25, 0.3) is 11.1 Å². The fourth-order valence-electron chi connectivity index (χ4n) is 8.95. The lowest BCUT2D eigenvalue weighted by atomic mass is 9.65. The number of amides is 2. The summed E-state index contributed by atoms with van der Waals surface area (Å²) >= 11 is 0. The molecule has 3 fully saturated rings. The number of hydrogen-bond donors (Lipinski definition) is 3. The second-order valence-electron chi connectivity index (χ2n) is 16.4. The summed E-state index contributed by atoms with van der Waals surface area (Å²) in [5.41, 5.74) is 6.89. The summed E-state index contributed by atoms with van der Waals surface area (Å²) in [4.78, 5) is 26.2. The summed E-state index contributed by atoms with van der Waals surface area (Å²) in [7, 11) is 0. The first-order chi connectivity index (χ1) is 24.5. The maximum absolute atomic E-state index is 12.5. The maximum Gasteiger partial charge on any atom is 0.220 e. The molecule has 2 bridgehead atoms. The highest BCUT2D eigenvalue weighted by Gasteiger charge is 2.50. The average Bonchev–Trinajstić information content (AvgIpc) is 3.35. The largest absolute Gasteiger partial charge is 0.392 e. The van der Waals surface area contributed by atoms with Crippen molar-refractivity contribution >= 4 is 11.8 Å². The van der Waals surface area contributed by atoms with E-state index in [-0.39, 0.29) is 30.6 Å². The summed E-state index contributed by atoms with van der Waals surface area (Å²) in [5.74, 6) is 0.0217. The Morgan fingerprint density at radius 3 is 2.39 bits per heavy atom. The minimum Gasteiger partial charge on any atom is -0.392 e. The molecule has 51 heavy (non-hydrogen) atoms. The lowest BCUT2D eigenvalue weighted by Gasteiger charge is -2.41. The van der Waals surface area contributed by atoms with E-state index < -0.39 is 6.29 Å². The van der Waals surface area contributed by atoms with Crippen LogP contribution in [0.1, 0.15) is 114 Å². The monoisotopic (exact) mass is 695 g/mol. The van der Waals surface area contributed by atoms with Crippen LogP contribution in [0.5, 0.6) is 0 Å². The molecular formula is C43H57N3O5. The van der Waals surface area contributed by atoms with Gasteiger partial charge >= 0.3 is 0 Å². The van der Waals surface area contributed by atoms with Gasteiger partial charge in [-0.15, -0.1) is 0 Å². The van der Waals surface area contributed by atoms with Gasteiger partial charge in [0.1, 0.15) is 0 Å². The number of nitrogens with one attached hydrogen (secondary N) is 2. The number of carbonyl (C=O) groups is 2. The number of unbranched alkanes of at least 4 members (excludes halogenated alkanes) is 2. The minimum absolute atomic E-state index is 0.0186. The zero-order chi connectivity index (χ0) is 36.0. The molecule has 5 atom stereocenters. The number of nitrogens with zero attached hydrogens (tertiary/aromatic N) is 1. The fraction of sp³-hybridized carbons (Fsp3) is 0.535. The fourth-order valence-corrected chi connectivity index (χ4v) is 8.95. The van der Waals surface area contributed by atoms with Gasteiger partial charge in [-0.3, -0.25) is 14.5 Å². The van der Waals surface area contributed by atoms with E-state index in [0.29, 0.717) is 36.4 Å². The maximum atomic E-state index is 12.5. The van der Waals surface area contributed by atoms with Crippen LogP contribution in [0.2, 0.25) is 0 Å². The van der Waals surface area contributed by atoms with Crippen molar-refractivity contribution in [3.8, 4) is 11.1 Å². The molecule has 3 aromatic rings. The average molecular weight is 696 g/mol. The van der Waals surface area contributed by atoms with Crippen molar-refractivity contribution < 1.29 is 24.2 Å². The predicted molar refractivity (Wildman–Crippen MR) is 200 cm³/mol. The lowest BCUT2D eigenvalue weighted by molar-refractivity contribution is -0.253. The molecule has 1 aliphatic carbocycles. The van der Waals surface area contributed by atoms with Crippen molar-refractivity contribution in [2.24, 2.45) is 10.8 Å². The molecule has 1 saturated carbocycles. The Balaban J connectivity index is 1.13. The summed E-state index contributed by atoms with van der Waals surface area (Å²) in [6, 6.07) is 25.5. The van der Waals surface area contributed by atoms with Crippen LogP contribution in [-0.4, -0.2) is 53.6 Å². The van der Waals surface area contributed by atoms with Crippen molar-refractivity contribution in [1.29, 1.82) is 0 Å². The zero-order valence-electron chi connectivity index (χ0n) is 31.0. The first kappa shape index (κ1) is 37.2. The first-order valence-electron chi connectivity index (χ1n) is 18.9. The van der Waals surface area contributed by atoms with E-state index in [1.54, 1.807) is 0 Å². The number of likely N-dealkylation sites (tertiary alicyclic amines) is 1. The number of ether oxygens (including phenoxy) is 2. The number of hydrogen-bond acceptors (Lipinski definition) is 6. The molecule has 2 unspecified atom stereocenters. The molecule has 0 radical (unpaired) electrons. The molecule has 8 heteroatoms. The van der Waals surface area contributed by atoms with E-state index in [4.69, 9.17) is 9.47 Å². The second-order valence-corrected chi connectivity index (χ2v) is 16.4. The Morgan fingerprint density at radius 2 is 1.63 bits per heavy atom. The minimum atomic E-state index is -0.513. The molecule has 2 amide bonds. The van der Waals surface area contributed by atoms with Gasteiger partial charge in [0.15, 0.2) is 6.29 Å². The quantitative estimate of drug-likeness (QED) is 0.150. The van der Waals surface area contributed by atoms with Crippen LogP contribution in [0.15, 0.2) is 72.8 Å². The smallest absolute Gasteiger partial charge is 0.220 e. The third kappa shape index (κ3) is 10.1. The third-order valence-corrected chi connectivity index (χ3v) is 10.9. The van der Waals surface area contributed by atoms with Crippen molar-refractivity contribution in [2.45, 2.75) is 117 Å². The Bertz CT molecular complexity index is 1640. The highest BCUT2D eigenvalue weighted by Crippen LogP contribution is 2.53. The summed E-state index contributed by atoms with van der Waals surface area (Å²) in [6.07, 6.45) is 6.99. The molecule has 0 aromatic heterocycles. The standard InChI is InChI=1S/C43H57N3O5/c1-30(48)44-19-7-5-6-14-40(49)45-25-32-10-8-11-34(20-32)35-12-9-13-36(21-35)41-50-38(22-39(51-41)33-17-15-31(27-47)16-18-33)26-46-29-43(4)24-37(46)23-42(2,3)28-43/h8-13,15-18,20-21,37-39,41,47H,5-7,14,19,22-29H2,1-4H3,(H,44,48)(H,45,49)/t37?,38-,39+,41+,43?/m1/s1. The molecule has 0 spiro atoms. The van der Waals surface area contributed by atoms with Crippen molar-refractivity contribution in [3.05, 3.63) is 95.1 Å². The second kappa shape index (κ2) is 16.4. The van der Waals surface area contributed by atoms with Crippen LogP contribution in [0, 0.1) is 10.8 Å². The Hall–Kier alpha value is -3.56. The van der Waals surface area contributed by atoms with Crippen LogP contribution in [0.4, 0.5) is 0 Å². The summed E-state index contributed by atoms with van der Waals surface area (Å²) < 4.78 is 13.6. The van der Waals surface area contributed by atoms with Gasteiger partial charge in [-0.2, -0.15) is 0 Å². The van der Waals surface area contributed by atoms with Crippen LogP contribution in [0.3, 0.4) is 0 Å². The van der Waals surface area contributed by atoms with E-state index in [9.17, 15) is 14.7 Å². The van der Waals surface area contributed by atoms with Gasteiger partial charge in [0.05, 0.1) is 18.8 Å². The third-order valence-electron chi connectivity index (χ3n) is 10.9. The van der Waals surface area contributed by atoms with Gasteiger partial charge in [0.25, 0.3) is 0 Å². The Morgan fingerprint density at radius 1 is 0.863 bits per heavy atom. The molecule has 274 valence electrons. The number of aliphatic hydroxyl groups excluding tert-OH is 1. The normalized spacial score (nSPS) is 25.7. The molecule has 3 aromatic carbocycles.